The average Bonchev–Trinajstić information content (AvgIpc) is 2.49. The molecule has 3 nitrogen and oxygen atoms in total. The molecule has 1 unspecified atom stereocenters. The third-order valence-corrected chi connectivity index (χ3v) is 3.14. The zero-order chi connectivity index (χ0) is 15.1. The first kappa shape index (κ1) is 14.9. The minimum atomic E-state index is -0.450. The number of hydrogen-bond donors (Lipinski definition) is 1. The Labute approximate surface area is 125 Å². The van der Waals surface area contributed by atoms with E-state index in [1.165, 1.54) is 0 Å². The first-order chi connectivity index (χ1) is 10.1. The number of hydrogen-bond acceptors (Lipinski definition) is 2. The van der Waals surface area contributed by atoms with Crippen LogP contribution in [-0.2, 0) is 4.74 Å². The fourth-order valence-electron chi connectivity index (χ4n) is 1.85. The van der Waals surface area contributed by atoms with E-state index in [1.54, 1.807) is 0 Å². The first-order valence-corrected chi connectivity index (χ1v) is 6.91. The normalized spacial score (nSPS) is 12.6. The van der Waals surface area contributed by atoms with Gasteiger partial charge < -0.3 is 4.74 Å². The summed E-state index contributed by atoms with van der Waals surface area (Å²) >= 11 is 0. The van der Waals surface area contributed by atoms with Gasteiger partial charge in [0.15, 0.2) is 0 Å². The van der Waals surface area contributed by atoms with Crippen LogP contribution in [0.4, 0.5) is 10.5 Å². The average molecular weight is 281 g/mol. The molecule has 1 amide bonds. The highest BCUT2D eigenvalue weighted by molar-refractivity contribution is 5.84. The van der Waals surface area contributed by atoms with Crippen molar-refractivity contribution in [2.24, 2.45) is 0 Å². The molecule has 0 aliphatic carbocycles. The lowest BCUT2D eigenvalue weighted by atomic mass is 10.1. The monoisotopic (exact) mass is 281 g/mol. The van der Waals surface area contributed by atoms with Gasteiger partial charge in [0.25, 0.3) is 0 Å². The van der Waals surface area contributed by atoms with Crippen LogP contribution in [0.5, 0.6) is 0 Å². The van der Waals surface area contributed by atoms with Crippen LogP contribution in [0.3, 0.4) is 0 Å². The number of ether oxygens (including phenoxy) is 1. The lowest BCUT2D eigenvalue weighted by molar-refractivity contribution is 0.137. The molecule has 2 aromatic rings. The van der Waals surface area contributed by atoms with Crippen molar-refractivity contribution in [3.63, 3.8) is 0 Å². The van der Waals surface area contributed by atoms with Crippen LogP contribution < -0.4 is 5.32 Å². The van der Waals surface area contributed by atoms with E-state index < -0.39 is 6.09 Å². The smallest absolute Gasteiger partial charge is 0.412 e. The second kappa shape index (κ2) is 7.29. The van der Waals surface area contributed by atoms with Gasteiger partial charge in [0.2, 0.25) is 0 Å². The minimum Gasteiger partial charge on any atom is -0.442 e. The molecule has 2 aromatic carbocycles. The van der Waals surface area contributed by atoms with Crippen molar-refractivity contribution in [3.05, 3.63) is 71.8 Å². The van der Waals surface area contributed by atoms with Gasteiger partial charge in [-0.1, -0.05) is 54.6 Å². The van der Waals surface area contributed by atoms with E-state index in [-0.39, 0.29) is 6.10 Å². The van der Waals surface area contributed by atoms with Crippen molar-refractivity contribution < 1.29 is 9.53 Å². The van der Waals surface area contributed by atoms with Gasteiger partial charge in [-0.15, -0.1) is 0 Å². The lowest BCUT2D eigenvalue weighted by Gasteiger charge is -2.14. The molecular formula is C18H19NO2. The van der Waals surface area contributed by atoms with Crippen LogP contribution >= 0.6 is 0 Å². The molecule has 108 valence electrons. The molecule has 0 aliphatic heterocycles. The minimum absolute atomic E-state index is 0.283. The van der Waals surface area contributed by atoms with Crippen molar-refractivity contribution in [1.82, 2.24) is 0 Å². The summed E-state index contributed by atoms with van der Waals surface area (Å²) in [5.41, 5.74) is 2.80. The van der Waals surface area contributed by atoms with Crippen LogP contribution in [0, 0.1) is 0 Å². The van der Waals surface area contributed by atoms with Gasteiger partial charge in [-0.25, -0.2) is 4.79 Å². The van der Waals surface area contributed by atoms with Gasteiger partial charge >= 0.3 is 6.09 Å². The van der Waals surface area contributed by atoms with E-state index in [4.69, 9.17) is 4.74 Å². The van der Waals surface area contributed by atoms with Crippen molar-refractivity contribution >= 4 is 17.9 Å². The molecule has 0 bridgehead atoms. The number of nitrogens with one attached hydrogen (secondary N) is 1. The highest BCUT2D eigenvalue weighted by Crippen LogP contribution is 2.13. The van der Waals surface area contributed by atoms with Gasteiger partial charge in [0, 0.05) is 5.69 Å². The summed E-state index contributed by atoms with van der Waals surface area (Å²) in [5, 5.41) is 2.70. The third kappa shape index (κ3) is 4.80. The molecule has 0 radical (unpaired) electrons. The molecule has 2 rings (SSSR count). The van der Waals surface area contributed by atoms with E-state index in [0.717, 1.165) is 16.8 Å². The fraction of sp³-hybridized carbons (Fsp3) is 0.167. The molecule has 0 aromatic heterocycles. The van der Waals surface area contributed by atoms with E-state index in [1.807, 2.05) is 80.6 Å². The molecule has 0 aliphatic rings. The Morgan fingerprint density at radius 2 is 1.62 bits per heavy atom. The Morgan fingerprint density at radius 1 is 1.05 bits per heavy atom. The lowest BCUT2D eigenvalue weighted by Crippen LogP contribution is -2.20. The van der Waals surface area contributed by atoms with Crippen molar-refractivity contribution in [3.8, 4) is 0 Å². The predicted octanol–water partition coefficient (Wildman–Crippen LogP) is 4.73. The molecular weight excluding hydrogens is 262 g/mol. The number of rotatable bonds is 4. The first-order valence-electron chi connectivity index (χ1n) is 6.91. The summed E-state index contributed by atoms with van der Waals surface area (Å²) in [6, 6.07) is 19.2. The number of para-hydroxylation sites is 1. The number of carbonyl (C=O) groups is 1. The summed E-state index contributed by atoms with van der Waals surface area (Å²) in [4.78, 5) is 11.8. The molecule has 0 saturated heterocycles. The molecule has 0 spiro atoms. The maximum Gasteiger partial charge on any atom is 0.412 e. The SMILES string of the molecule is C/C(=C\c1ccccc1)C(C)OC(=O)Nc1ccccc1. The summed E-state index contributed by atoms with van der Waals surface area (Å²) in [6.45, 7) is 3.81. The molecule has 21 heavy (non-hydrogen) atoms. The zero-order valence-electron chi connectivity index (χ0n) is 12.2. The Kier molecular flexibility index (Phi) is 5.16. The number of benzene rings is 2. The highest BCUT2D eigenvalue weighted by Gasteiger charge is 2.11. The van der Waals surface area contributed by atoms with Crippen LogP contribution in [0.2, 0.25) is 0 Å². The highest BCUT2D eigenvalue weighted by atomic mass is 16.6. The van der Waals surface area contributed by atoms with Crippen molar-refractivity contribution in [2.45, 2.75) is 20.0 Å². The fourth-order valence-corrected chi connectivity index (χ4v) is 1.85. The number of amides is 1. The Bertz CT molecular complexity index is 606. The molecule has 0 fully saturated rings. The van der Waals surface area contributed by atoms with Crippen LogP contribution in [0.1, 0.15) is 19.4 Å². The van der Waals surface area contributed by atoms with E-state index in [0.29, 0.717) is 0 Å². The van der Waals surface area contributed by atoms with E-state index in [9.17, 15) is 4.79 Å². The Balaban J connectivity index is 1.93. The van der Waals surface area contributed by atoms with Gasteiger partial charge in [-0.05, 0) is 37.1 Å². The number of carbonyl (C=O) groups excluding carboxylic acids is 1. The number of anilines is 1. The van der Waals surface area contributed by atoms with Gasteiger partial charge in [-0.3, -0.25) is 5.32 Å². The third-order valence-electron chi connectivity index (χ3n) is 3.14. The van der Waals surface area contributed by atoms with Crippen LogP contribution in [0.15, 0.2) is 66.2 Å². The molecule has 0 saturated carbocycles. The summed E-state index contributed by atoms with van der Waals surface area (Å²) in [5.74, 6) is 0. The molecule has 1 atom stereocenters. The quantitative estimate of drug-likeness (QED) is 0.880. The van der Waals surface area contributed by atoms with Gasteiger partial charge in [0.05, 0.1) is 0 Å². The second-order valence-corrected chi connectivity index (χ2v) is 4.84. The Hall–Kier alpha value is -2.55. The summed E-state index contributed by atoms with van der Waals surface area (Å²) < 4.78 is 5.37. The maximum atomic E-state index is 11.8. The summed E-state index contributed by atoms with van der Waals surface area (Å²) in [6.07, 6.45) is 1.28. The van der Waals surface area contributed by atoms with Crippen molar-refractivity contribution in [2.75, 3.05) is 5.32 Å². The standard InChI is InChI=1S/C18H19NO2/c1-14(13-16-9-5-3-6-10-16)15(2)21-18(20)19-17-11-7-4-8-12-17/h3-13,15H,1-2H3,(H,19,20)/b14-13+. The van der Waals surface area contributed by atoms with Gasteiger partial charge in [-0.2, -0.15) is 0 Å². The van der Waals surface area contributed by atoms with E-state index >= 15 is 0 Å². The maximum absolute atomic E-state index is 11.8. The topological polar surface area (TPSA) is 38.3 Å². The van der Waals surface area contributed by atoms with Crippen LogP contribution in [-0.4, -0.2) is 12.2 Å². The largest absolute Gasteiger partial charge is 0.442 e. The zero-order valence-corrected chi connectivity index (χ0v) is 12.2. The van der Waals surface area contributed by atoms with Crippen LogP contribution in [0.25, 0.3) is 6.08 Å². The van der Waals surface area contributed by atoms with Gasteiger partial charge in [0.1, 0.15) is 6.10 Å². The molecule has 1 N–H and O–H groups in total. The van der Waals surface area contributed by atoms with E-state index in [2.05, 4.69) is 5.32 Å². The molecule has 3 heteroatoms. The van der Waals surface area contributed by atoms with Crippen molar-refractivity contribution in [1.29, 1.82) is 0 Å². The molecule has 0 heterocycles. The summed E-state index contributed by atoms with van der Waals surface area (Å²) in [7, 11) is 0. The predicted molar refractivity (Wildman–Crippen MR) is 86.1 cm³/mol. The Morgan fingerprint density at radius 3 is 2.24 bits per heavy atom. The second-order valence-electron chi connectivity index (χ2n) is 4.84.